The quantitative estimate of drug-likeness (QED) is 0.399. The maximum atomic E-state index is 13.2. The summed E-state index contributed by atoms with van der Waals surface area (Å²) in [6, 6.07) is 17.2. The fraction of sp³-hybridized carbons (Fsp3) is 0.208. The number of nitrogens with one attached hydrogen (secondary N) is 1. The van der Waals surface area contributed by atoms with Gasteiger partial charge in [-0.25, -0.2) is 0 Å². The van der Waals surface area contributed by atoms with Crippen LogP contribution in [0, 0.1) is 0 Å². The molecule has 168 valence electrons. The Morgan fingerprint density at radius 1 is 0.812 bits per heavy atom. The monoisotopic (exact) mass is 451 g/mol. The number of benzene rings is 3. The largest absolute Gasteiger partial charge is 0.416 e. The Hall–Kier alpha value is -3.29. The second-order valence-corrected chi connectivity index (χ2v) is 7.20. The second kappa shape index (κ2) is 9.06. The van der Waals surface area contributed by atoms with Crippen LogP contribution < -0.4 is 5.32 Å². The van der Waals surface area contributed by atoms with Crippen LogP contribution in [0.1, 0.15) is 36.0 Å². The van der Waals surface area contributed by atoms with Crippen LogP contribution in [0.15, 0.2) is 72.8 Å². The van der Waals surface area contributed by atoms with Crippen molar-refractivity contribution in [1.29, 1.82) is 0 Å². The highest BCUT2D eigenvalue weighted by Gasteiger charge is 2.38. The van der Waals surface area contributed by atoms with E-state index in [0.717, 1.165) is 5.56 Å². The van der Waals surface area contributed by atoms with Crippen LogP contribution in [0.25, 0.3) is 11.1 Å². The molecule has 32 heavy (non-hydrogen) atoms. The molecule has 0 fully saturated rings. The normalized spacial score (nSPS) is 13.0. The molecule has 0 spiro atoms. The molecule has 8 heteroatoms. The standard InChI is InChI=1S/C24H19F6NO/c1-2-19(16-12-17(23(25,26)27)14-18(13-16)24(28,29)30)22(32)31-21-11-7-6-10-20(21)15-8-4-3-5-9-15/h3-14,19H,2H2,1H3,(H,31,32). The predicted molar refractivity (Wildman–Crippen MR) is 110 cm³/mol. The minimum atomic E-state index is -4.98. The zero-order valence-corrected chi connectivity index (χ0v) is 16.9. The summed E-state index contributed by atoms with van der Waals surface area (Å²) in [4.78, 5) is 13.0. The molecule has 0 aliphatic heterocycles. The third-order valence-corrected chi connectivity index (χ3v) is 5.01. The lowest BCUT2D eigenvalue weighted by Gasteiger charge is -2.20. The van der Waals surface area contributed by atoms with E-state index >= 15 is 0 Å². The first-order chi connectivity index (χ1) is 15.0. The third kappa shape index (κ3) is 5.30. The fourth-order valence-electron chi connectivity index (χ4n) is 3.43. The summed E-state index contributed by atoms with van der Waals surface area (Å²) in [5.41, 5.74) is -1.35. The van der Waals surface area contributed by atoms with Gasteiger partial charge in [0, 0.05) is 11.3 Å². The number of anilines is 1. The fourth-order valence-corrected chi connectivity index (χ4v) is 3.43. The summed E-state index contributed by atoms with van der Waals surface area (Å²) >= 11 is 0. The van der Waals surface area contributed by atoms with Crippen LogP contribution >= 0.6 is 0 Å². The molecule has 1 amide bonds. The predicted octanol–water partition coefficient (Wildman–Crippen LogP) is 7.52. The average Bonchev–Trinajstić information content (AvgIpc) is 2.74. The lowest BCUT2D eigenvalue weighted by Crippen LogP contribution is -2.22. The van der Waals surface area contributed by atoms with E-state index in [0.29, 0.717) is 23.4 Å². The number of alkyl halides is 6. The number of carbonyl (C=O) groups excluding carboxylic acids is 1. The van der Waals surface area contributed by atoms with Crippen molar-refractivity contribution in [2.75, 3.05) is 5.32 Å². The van der Waals surface area contributed by atoms with Gasteiger partial charge in [0.25, 0.3) is 0 Å². The highest BCUT2D eigenvalue weighted by Crippen LogP contribution is 2.38. The van der Waals surface area contributed by atoms with E-state index < -0.39 is 35.3 Å². The molecular formula is C24H19F6NO. The zero-order valence-electron chi connectivity index (χ0n) is 16.9. The Bertz CT molecular complexity index is 1060. The van der Waals surface area contributed by atoms with Gasteiger partial charge < -0.3 is 5.32 Å². The summed E-state index contributed by atoms with van der Waals surface area (Å²) in [5.74, 6) is -1.90. The zero-order chi connectivity index (χ0) is 23.5. The molecule has 1 atom stereocenters. The average molecular weight is 451 g/mol. The molecule has 3 aromatic rings. The molecule has 3 rings (SSSR count). The van der Waals surface area contributed by atoms with Gasteiger partial charge in [-0.1, -0.05) is 55.5 Å². The third-order valence-electron chi connectivity index (χ3n) is 5.01. The van der Waals surface area contributed by atoms with Crippen LogP contribution in [0.5, 0.6) is 0 Å². The SMILES string of the molecule is CCC(C(=O)Nc1ccccc1-c1ccccc1)c1cc(C(F)(F)F)cc(C(F)(F)F)c1. The minimum absolute atomic E-state index is 0.0119. The molecule has 0 bridgehead atoms. The van der Waals surface area contributed by atoms with Crippen molar-refractivity contribution < 1.29 is 31.1 Å². The number of para-hydroxylation sites is 1. The highest BCUT2D eigenvalue weighted by molar-refractivity contribution is 5.99. The Balaban J connectivity index is 1.99. The number of amides is 1. The van der Waals surface area contributed by atoms with Crippen molar-refractivity contribution >= 4 is 11.6 Å². The number of carbonyl (C=O) groups is 1. The molecule has 0 aliphatic rings. The van der Waals surface area contributed by atoms with Crippen molar-refractivity contribution in [1.82, 2.24) is 0 Å². The molecular weight excluding hydrogens is 432 g/mol. The van der Waals surface area contributed by atoms with Gasteiger partial charge in [0.1, 0.15) is 0 Å². The molecule has 1 N–H and O–H groups in total. The van der Waals surface area contributed by atoms with Crippen molar-refractivity contribution in [2.45, 2.75) is 31.6 Å². The molecule has 1 unspecified atom stereocenters. The Morgan fingerprint density at radius 2 is 1.34 bits per heavy atom. The van der Waals surface area contributed by atoms with Gasteiger partial charge in [-0.3, -0.25) is 4.79 Å². The van der Waals surface area contributed by atoms with Crippen LogP contribution in [0.3, 0.4) is 0 Å². The molecule has 0 aromatic heterocycles. The van der Waals surface area contributed by atoms with E-state index in [-0.39, 0.29) is 18.1 Å². The summed E-state index contributed by atoms with van der Waals surface area (Å²) in [5, 5.41) is 2.67. The van der Waals surface area contributed by atoms with Crippen LogP contribution in [0.2, 0.25) is 0 Å². The number of rotatable bonds is 5. The Morgan fingerprint density at radius 3 is 1.88 bits per heavy atom. The molecule has 2 nitrogen and oxygen atoms in total. The van der Waals surface area contributed by atoms with E-state index in [4.69, 9.17) is 0 Å². The molecule has 0 radical (unpaired) electrons. The lowest BCUT2D eigenvalue weighted by atomic mass is 9.91. The van der Waals surface area contributed by atoms with Crippen molar-refractivity contribution in [2.24, 2.45) is 0 Å². The number of hydrogen-bond acceptors (Lipinski definition) is 1. The first kappa shape index (κ1) is 23.4. The van der Waals surface area contributed by atoms with E-state index in [1.165, 1.54) is 6.92 Å². The summed E-state index contributed by atoms with van der Waals surface area (Å²) in [6.45, 7) is 1.53. The van der Waals surface area contributed by atoms with Gasteiger partial charge in [-0.2, -0.15) is 26.3 Å². The maximum Gasteiger partial charge on any atom is 0.416 e. The van der Waals surface area contributed by atoms with E-state index in [1.807, 2.05) is 30.3 Å². The summed E-state index contributed by atoms with van der Waals surface area (Å²) in [6.07, 6.45) is -9.95. The van der Waals surface area contributed by atoms with Crippen molar-refractivity contribution in [3.8, 4) is 11.1 Å². The van der Waals surface area contributed by atoms with Gasteiger partial charge >= 0.3 is 12.4 Å². The second-order valence-electron chi connectivity index (χ2n) is 7.20. The summed E-state index contributed by atoms with van der Waals surface area (Å²) in [7, 11) is 0. The smallest absolute Gasteiger partial charge is 0.325 e. The first-order valence-corrected chi connectivity index (χ1v) is 9.75. The van der Waals surface area contributed by atoms with Gasteiger partial charge in [0.2, 0.25) is 5.91 Å². The van der Waals surface area contributed by atoms with E-state index in [1.54, 1.807) is 24.3 Å². The lowest BCUT2D eigenvalue weighted by molar-refractivity contribution is -0.143. The van der Waals surface area contributed by atoms with Gasteiger partial charge in [-0.15, -0.1) is 0 Å². The molecule has 0 saturated heterocycles. The molecule has 0 heterocycles. The maximum absolute atomic E-state index is 13.2. The van der Waals surface area contributed by atoms with E-state index in [9.17, 15) is 31.1 Å². The minimum Gasteiger partial charge on any atom is -0.325 e. The highest BCUT2D eigenvalue weighted by atomic mass is 19.4. The van der Waals surface area contributed by atoms with Crippen molar-refractivity contribution in [3.63, 3.8) is 0 Å². The van der Waals surface area contributed by atoms with Gasteiger partial charge in [0.15, 0.2) is 0 Å². The summed E-state index contributed by atoms with van der Waals surface area (Å²) < 4.78 is 79.3. The molecule has 0 aliphatic carbocycles. The van der Waals surface area contributed by atoms with Crippen LogP contribution in [-0.2, 0) is 17.1 Å². The molecule has 0 saturated carbocycles. The number of halogens is 6. The van der Waals surface area contributed by atoms with Gasteiger partial charge in [-0.05, 0) is 41.8 Å². The Labute approximate surface area is 180 Å². The Kier molecular flexibility index (Phi) is 6.62. The number of hydrogen-bond donors (Lipinski definition) is 1. The van der Waals surface area contributed by atoms with Gasteiger partial charge in [0.05, 0.1) is 17.0 Å². The topological polar surface area (TPSA) is 29.1 Å². The van der Waals surface area contributed by atoms with Crippen molar-refractivity contribution in [3.05, 3.63) is 89.5 Å². The van der Waals surface area contributed by atoms with Crippen LogP contribution in [-0.4, -0.2) is 5.91 Å². The van der Waals surface area contributed by atoms with Crippen LogP contribution in [0.4, 0.5) is 32.0 Å². The van der Waals surface area contributed by atoms with E-state index in [2.05, 4.69) is 5.32 Å². The first-order valence-electron chi connectivity index (χ1n) is 9.75. The molecule has 3 aromatic carbocycles.